The molecule has 0 fully saturated rings. The van der Waals surface area contributed by atoms with Crippen molar-refractivity contribution < 1.29 is 0 Å². The van der Waals surface area contributed by atoms with Crippen LogP contribution in [-0.4, -0.2) is 0 Å². The quantitative estimate of drug-likeness (QED) is 0.414. The third-order valence-corrected chi connectivity index (χ3v) is 3.57. The lowest BCUT2D eigenvalue weighted by Gasteiger charge is -2.24. The summed E-state index contributed by atoms with van der Waals surface area (Å²) in [6.45, 7) is 4.67. The molecule has 0 heterocycles. The minimum atomic E-state index is 0.843. The molecule has 0 bridgehead atoms. The maximum absolute atomic E-state index is 2.42. The van der Waals surface area contributed by atoms with Crippen LogP contribution in [0.1, 0.15) is 65.2 Å². The van der Waals surface area contributed by atoms with E-state index in [9.17, 15) is 0 Å². The van der Waals surface area contributed by atoms with Crippen molar-refractivity contribution >= 4 is 0 Å². The highest BCUT2D eigenvalue weighted by atomic mass is 14.2. The zero-order valence-corrected chi connectivity index (χ0v) is 9.97. The number of hydrogen-bond acceptors (Lipinski definition) is 0. The molecule has 0 nitrogen and oxygen atoms in total. The normalized spacial score (nSPS) is 26.7. The van der Waals surface area contributed by atoms with Crippen molar-refractivity contribution in [1.29, 1.82) is 0 Å². The Morgan fingerprint density at radius 3 is 2.64 bits per heavy atom. The Morgan fingerprint density at radius 2 is 1.93 bits per heavy atom. The minimum absolute atomic E-state index is 0.843. The SMILES string of the molecule is CCCCCCCC1CCC=CC1C. The second kappa shape index (κ2) is 7.09. The van der Waals surface area contributed by atoms with Gasteiger partial charge >= 0.3 is 0 Å². The smallest absolute Gasteiger partial charge is 0.0233 e. The Hall–Kier alpha value is -0.260. The summed E-state index contributed by atoms with van der Waals surface area (Å²) in [5.41, 5.74) is 0. The zero-order chi connectivity index (χ0) is 10.2. The van der Waals surface area contributed by atoms with Crippen LogP contribution in [0.3, 0.4) is 0 Å². The average molecular weight is 194 g/mol. The van der Waals surface area contributed by atoms with Crippen LogP contribution in [0.15, 0.2) is 12.2 Å². The summed E-state index contributed by atoms with van der Waals surface area (Å²) >= 11 is 0. The highest BCUT2D eigenvalue weighted by molar-refractivity contribution is 4.94. The van der Waals surface area contributed by atoms with Crippen molar-refractivity contribution in [2.24, 2.45) is 11.8 Å². The molecule has 14 heavy (non-hydrogen) atoms. The van der Waals surface area contributed by atoms with Gasteiger partial charge in [-0.1, -0.05) is 58.1 Å². The maximum atomic E-state index is 2.42. The van der Waals surface area contributed by atoms with E-state index in [2.05, 4.69) is 26.0 Å². The topological polar surface area (TPSA) is 0 Å². The molecule has 0 N–H and O–H groups in total. The number of rotatable bonds is 6. The van der Waals surface area contributed by atoms with Gasteiger partial charge in [-0.25, -0.2) is 0 Å². The second-order valence-corrected chi connectivity index (χ2v) is 4.83. The molecule has 0 radical (unpaired) electrons. The van der Waals surface area contributed by atoms with Crippen LogP contribution in [0.4, 0.5) is 0 Å². The van der Waals surface area contributed by atoms with Gasteiger partial charge in [-0.2, -0.15) is 0 Å². The number of hydrogen-bond donors (Lipinski definition) is 0. The van der Waals surface area contributed by atoms with Gasteiger partial charge in [-0.05, 0) is 31.1 Å². The molecule has 0 aliphatic heterocycles. The maximum Gasteiger partial charge on any atom is -0.0233 e. The van der Waals surface area contributed by atoms with Gasteiger partial charge in [-0.15, -0.1) is 0 Å². The van der Waals surface area contributed by atoms with Gasteiger partial charge < -0.3 is 0 Å². The van der Waals surface area contributed by atoms with E-state index >= 15 is 0 Å². The molecule has 1 aliphatic rings. The molecular weight excluding hydrogens is 168 g/mol. The van der Waals surface area contributed by atoms with Crippen LogP contribution >= 0.6 is 0 Å². The average Bonchev–Trinajstić information content (AvgIpc) is 2.20. The molecule has 2 atom stereocenters. The Kier molecular flexibility index (Phi) is 5.98. The summed E-state index contributed by atoms with van der Waals surface area (Å²) in [6.07, 6.45) is 16.2. The highest BCUT2D eigenvalue weighted by Gasteiger charge is 2.16. The second-order valence-electron chi connectivity index (χ2n) is 4.83. The Bertz CT molecular complexity index is 157. The molecule has 0 spiro atoms. The third kappa shape index (κ3) is 4.30. The van der Waals surface area contributed by atoms with Gasteiger partial charge in [0.05, 0.1) is 0 Å². The van der Waals surface area contributed by atoms with Crippen molar-refractivity contribution in [2.75, 3.05) is 0 Å². The lowest BCUT2D eigenvalue weighted by atomic mass is 9.82. The van der Waals surface area contributed by atoms with Gasteiger partial charge in [-0.3, -0.25) is 0 Å². The van der Waals surface area contributed by atoms with Crippen LogP contribution in [0.5, 0.6) is 0 Å². The Morgan fingerprint density at radius 1 is 1.14 bits per heavy atom. The largest absolute Gasteiger partial charge is 0.0882 e. The highest BCUT2D eigenvalue weighted by Crippen LogP contribution is 2.28. The molecular formula is C14H26. The fraction of sp³-hybridized carbons (Fsp3) is 0.857. The predicted molar refractivity (Wildman–Crippen MR) is 64.4 cm³/mol. The molecule has 0 heteroatoms. The van der Waals surface area contributed by atoms with E-state index in [1.165, 1.54) is 51.4 Å². The van der Waals surface area contributed by atoms with Crippen molar-refractivity contribution in [1.82, 2.24) is 0 Å². The monoisotopic (exact) mass is 194 g/mol. The van der Waals surface area contributed by atoms with E-state index in [0.717, 1.165) is 11.8 Å². The van der Waals surface area contributed by atoms with Crippen molar-refractivity contribution in [3.8, 4) is 0 Å². The fourth-order valence-corrected chi connectivity index (χ4v) is 2.46. The molecule has 2 unspecified atom stereocenters. The van der Waals surface area contributed by atoms with E-state index in [4.69, 9.17) is 0 Å². The number of unbranched alkanes of at least 4 members (excludes halogenated alkanes) is 4. The lowest BCUT2D eigenvalue weighted by molar-refractivity contribution is 0.340. The molecule has 0 aromatic carbocycles. The first-order valence-corrected chi connectivity index (χ1v) is 6.51. The van der Waals surface area contributed by atoms with Crippen LogP contribution < -0.4 is 0 Å². The summed E-state index contributed by atoms with van der Waals surface area (Å²) in [7, 11) is 0. The minimum Gasteiger partial charge on any atom is -0.0882 e. The Balaban J connectivity index is 2.03. The molecule has 82 valence electrons. The first-order valence-electron chi connectivity index (χ1n) is 6.51. The third-order valence-electron chi connectivity index (χ3n) is 3.57. The Labute approximate surface area is 89.8 Å². The van der Waals surface area contributed by atoms with E-state index in [1.54, 1.807) is 0 Å². The van der Waals surface area contributed by atoms with Crippen LogP contribution in [0.25, 0.3) is 0 Å². The van der Waals surface area contributed by atoms with Gasteiger partial charge in [0.25, 0.3) is 0 Å². The van der Waals surface area contributed by atoms with Crippen LogP contribution in [0.2, 0.25) is 0 Å². The molecule has 1 rings (SSSR count). The predicted octanol–water partition coefficient (Wildman–Crippen LogP) is 4.95. The van der Waals surface area contributed by atoms with E-state index in [-0.39, 0.29) is 0 Å². The molecule has 0 amide bonds. The van der Waals surface area contributed by atoms with Crippen molar-refractivity contribution in [3.05, 3.63) is 12.2 Å². The van der Waals surface area contributed by atoms with Crippen molar-refractivity contribution in [3.63, 3.8) is 0 Å². The molecule has 1 aliphatic carbocycles. The zero-order valence-electron chi connectivity index (χ0n) is 9.97. The standard InChI is InChI=1S/C14H26/c1-3-4-5-6-7-11-14-12-9-8-10-13(14)2/h8,10,13-14H,3-7,9,11-12H2,1-2H3. The summed E-state index contributed by atoms with van der Waals surface area (Å²) in [6, 6.07) is 0. The summed E-state index contributed by atoms with van der Waals surface area (Å²) in [5.74, 6) is 1.83. The molecule has 0 saturated carbocycles. The van der Waals surface area contributed by atoms with Gasteiger partial charge in [0, 0.05) is 0 Å². The van der Waals surface area contributed by atoms with E-state index in [0.29, 0.717) is 0 Å². The fourth-order valence-electron chi connectivity index (χ4n) is 2.46. The van der Waals surface area contributed by atoms with Gasteiger partial charge in [0.1, 0.15) is 0 Å². The summed E-state index contributed by atoms with van der Waals surface area (Å²) < 4.78 is 0. The summed E-state index contributed by atoms with van der Waals surface area (Å²) in [5, 5.41) is 0. The lowest BCUT2D eigenvalue weighted by Crippen LogP contribution is -2.12. The summed E-state index contributed by atoms with van der Waals surface area (Å²) in [4.78, 5) is 0. The molecule has 0 aromatic rings. The van der Waals surface area contributed by atoms with E-state index in [1.807, 2.05) is 0 Å². The van der Waals surface area contributed by atoms with Crippen LogP contribution in [-0.2, 0) is 0 Å². The van der Waals surface area contributed by atoms with Crippen LogP contribution in [0, 0.1) is 11.8 Å². The van der Waals surface area contributed by atoms with Crippen molar-refractivity contribution in [2.45, 2.75) is 65.2 Å². The van der Waals surface area contributed by atoms with Gasteiger partial charge in [0.2, 0.25) is 0 Å². The first-order chi connectivity index (χ1) is 6.84. The van der Waals surface area contributed by atoms with E-state index < -0.39 is 0 Å². The van der Waals surface area contributed by atoms with Gasteiger partial charge in [0.15, 0.2) is 0 Å². The first kappa shape index (κ1) is 11.8. The molecule has 0 saturated heterocycles. The number of allylic oxidation sites excluding steroid dienone is 2. The molecule has 0 aromatic heterocycles.